The second-order valence-electron chi connectivity index (χ2n) is 9.14. The number of rotatable bonds is 6. The molecule has 10 heteroatoms. The van der Waals surface area contributed by atoms with Gasteiger partial charge in [0.15, 0.2) is 11.5 Å². The van der Waals surface area contributed by atoms with E-state index in [1.165, 1.54) is 0 Å². The first-order chi connectivity index (χ1) is 17.6. The van der Waals surface area contributed by atoms with Crippen molar-refractivity contribution in [2.24, 2.45) is 0 Å². The van der Waals surface area contributed by atoms with E-state index in [0.29, 0.717) is 42.9 Å². The minimum atomic E-state index is 0.120. The monoisotopic (exact) mass is 480 g/mol. The van der Waals surface area contributed by atoms with Crippen LogP contribution in [0.1, 0.15) is 35.6 Å². The van der Waals surface area contributed by atoms with Crippen LogP contribution in [0.5, 0.6) is 11.5 Å². The number of carbonyl (C=O) groups is 1. The molecule has 0 unspecified atom stereocenters. The van der Waals surface area contributed by atoms with Crippen LogP contribution in [0, 0.1) is 0 Å². The smallest absolute Gasteiger partial charge is 0.231 e. The zero-order chi connectivity index (χ0) is 24.5. The number of hydrogen-bond acceptors (Lipinski definition) is 7. The fraction of sp³-hybridized carbons (Fsp3) is 0.308. The van der Waals surface area contributed by atoms with Crippen molar-refractivity contribution in [3.8, 4) is 11.5 Å². The quantitative estimate of drug-likeness (QED) is 0.423. The van der Waals surface area contributed by atoms with E-state index >= 15 is 0 Å². The van der Waals surface area contributed by atoms with E-state index in [1.807, 2.05) is 47.5 Å². The number of anilines is 1. The number of piperidine rings is 1. The molecule has 180 valence electrons. The van der Waals surface area contributed by atoms with Crippen molar-refractivity contribution in [2.45, 2.75) is 31.7 Å². The highest BCUT2D eigenvalue weighted by atomic mass is 16.7. The summed E-state index contributed by atoms with van der Waals surface area (Å²) in [6, 6.07) is 11.7. The number of pyridine rings is 1. The topological polar surface area (TPSA) is 93.9 Å². The Balaban J connectivity index is 1.13. The second kappa shape index (κ2) is 9.52. The number of fused-ring (bicyclic) bond motifs is 2. The second-order valence-corrected chi connectivity index (χ2v) is 9.14. The molecule has 2 aliphatic heterocycles. The fourth-order valence-electron chi connectivity index (χ4n) is 4.79. The van der Waals surface area contributed by atoms with Gasteiger partial charge in [-0.3, -0.25) is 9.78 Å². The van der Waals surface area contributed by atoms with Crippen LogP contribution < -0.4 is 20.3 Å². The van der Waals surface area contributed by atoms with Crippen LogP contribution in [0.4, 0.5) is 5.82 Å². The Morgan fingerprint density at radius 2 is 1.94 bits per heavy atom. The normalized spacial score (nSPS) is 15.4. The standard InChI is InChI=1S/C26H25BN6O3/c27-20-15-30-33-24(29-14-18-2-1-7-28-13-18)12-21(31-26(20)33)19-5-8-32(9-6-19)25(34)11-17-3-4-22-23(10-17)36-16-35-22/h1-4,7,10,12-13,15,19,29H,5-6,8-9,11,14,16H2. The van der Waals surface area contributed by atoms with Gasteiger partial charge >= 0.3 is 0 Å². The van der Waals surface area contributed by atoms with E-state index in [4.69, 9.17) is 22.3 Å². The summed E-state index contributed by atoms with van der Waals surface area (Å²) in [5.41, 5.74) is 4.14. The molecule has 6 rings (SSSR count). The van der Waals surface area contributed by atoms with Crippen molar-refractivity contribution >= 4 is 30.7 Å². The van der Waals surface area contributed by atoms with Crippen molar-refractivity contribution < 1.29 is 14.3 Å². The molecular formula is C26H25BN6O3. The summed E-state index contributed by atoms with van der Waals surface area (Å²) in [6.45, 7) is 2.22. The van der Waals surface area contributed by atoms with Crippen molar-refractivity contribution in [1.82, 2.24) is 24.5 Å². The summed E-state index contributed by atoms with van der Waals surface area (Å²) in [7, 11) is 6.17. The summed E-state index contributed by atoms with van der Waals surface area (Å²) >= 11 is 0. The summed E-state index contributed by atoms with van der Waals surface area (Å²) in [6.07, 6.45) is 7.24. The molecular weight excluding hydrogens is 455 g/mol. The van der Waals surface area contributed by atoms with Gasteiger partial charge in [-0.05, 0) is 47.6 Å². The molecule has 2 aliphatic rings. The average Bonchev–Trinajstić information content (AvgIpc) is 3.54. The molecule has 5 heterocycles. The number of benzene rings is 1. The lowest BCUT2D eigenvalue weighted by Gasteiger charge is -2.32. The van der Waals surface area contributed by atoms with Crippen LogP contribution in [-0.2, 0) is 17.8 Å². The molecule has 4 aromatic rings. The molecule has 0 atom stereocenters. The van der Waals surface area contributed by atoms with E-state index in [-0.39, 0.29) is 18.6 Å². The lowest BCUT2D eigenvalue weighted by atomic mass is 9.92. The van der Waals surface area contributed by atoms with Gasteiger partial charge in [-0.15, -0.1) is 0 Å². The number of nitrogens with one attached hydrogen (secondary N) is 1. The number of nitrogens with zero attached hydrogens (tertiary/aromatic N) is 5. The van der Waals surface area contributed by atoms with E-state index in [1.54, 1.807) is 16.9 Å². The van der Waals surface area contributed by atoms with Crippen LogP contribution in [0.3, 0.4) is 0 Å². The number of aromatic nitrogens is 4. The van der Waals surface area contributed by atoms with Gasteiger partial charge in [0.05, 0.1) is 6.42 Å². The maximum absolute atomic E-state index is 13.0. The van der Waals surface area contributed by atoms with Gasteiger partial charge in [0, 0.05) is 55.9 Å². The van der Waals surface area contributed by atoms with Crippen molar-refractivity contribution in [3.05, 3.63) is 71.8 Å². The molecule has 0 saturated carbocycles. The molecule has 2 radical (unpaired) electrons. The Morgan fingerprint density at radius 3 is 2.78 bits per heavy atom. The van der Waals surface area contributed by atoms with Crippen molar-refractivity contribution in [1.29, 1.82) is 0 Å². The summed E-state index contributed by atoms with van der Waals surface area (Å²) < 4.78 is 12.5. The Hall–Kier alpha value is -4.08. The number of hydrogen-bond donors (Lipinski definition) is 1. The Morgan fingerprint density at radius 1 is 1.08 bits per heavy atom. The Bertz CT molecular complexity index is 1400. The Labute approximate surface area is 209 Å². The van der Waals surface area contributed by atoms with Crippen LogP contribution in [-0.4, -0.2) is 58.1 Å². The van der Waals surface area contributed by atoms with Gasteiger partial charge in [-0.2, -0.15) is 9.61 Å². The van der Waals surface area contributed by atoms with Crippen molar-refractivity contribution in [3.63, 3.8) is 0 Å². The fourth-order valence-corrected chi connectivity index (χ4v) is 4.79. The van der Waals surface area contributed by atoms with E-state index in [9.17, 15) is 4.79 Å². The van der Waals surface area contributed by atoms with Gasteiger partial charge in [0.25, 0.3) is 0 Å². The van der Waals surface area contributed by atoms with Gasteiger partial charge in [0.1, 0.15) is 19.3 Å². The van der Waals surface area contributed by atoms with E-state index in [0.717, 1.165) is 41.2 Å². The molecule has 1 N–H and O–H groups in total. The van der Waals surface area contributed by atoms with E-state index < -0.39 is 0 Å². The third kappa shape index (κ3) is 4.46. The van der Waals surface area contributed by atoms with Crippen LogP contribution >= 0.6 is 0 Å². The van der Waals surface area contributed by atoms with Gasteiger partial charge < -0.3 is 19.7 Å². The summed E-state index contributed by atoms with van der Waals surface area (Å²) in [5.74, 6) is 2.61. The predicted octanol–water partition coefficient (Wildman–Crippen LogP) is 2.21. The minimum Gasteiger partial charge on any atom is -0.454 e. The lowest BCUT2D eigenvalue weighted by molar-refractivity contribution is -0.131. The highest BCUT2D eigenvalue weighted by Crippen LogP contribution is 2.33. The lowest BCUT2D eigenvalue weighted by Crippen LogP contribution is -2.39. The third-order valence-corrected chi connectivity index (χ3v) is 6.77. The highest BCUT2D eigenvalue weighted by Gasteiger charge is 2.26. The zero-order valence-corrected chi connectivity index (χ0v) is 19.8. The van der Waals surface area contributed by atoms with Gasteiger partial charge in [-0.1, -0.05) is 12.1 Å². The SMILES string of the molecule is [B]c1cnn2c(NCc3cccnc3)cc(C3CCN(C(=O)Cc4ccc5c(c4)OCO5)CC3)nc12. The summed E-state index contributed by atoms with van der Waals surface area (Å²) in [5, 5.41) is 7.84. The van der Waals surface area contributed by atoms with E-state index in [2.05, 4.69) is 15.4 Å². The third-order valence-electron chi connectivity index (χ3n) is 6.77. The molecule has 1 amide bonds. The first-order valence-electron chi connectivity index (χ1n) is 12.1. The number of carbonyl (C=O) groups excluding carboxylic acids is 1. The Kier molecular flexibility index (Phi) is 5.92. The molecule has 3 aromatic heterocycles. The molecule has 9 nitrogen and oxygen atoms in total. The van der Waals surface area contributed by atoms with Crippen LogP contribution in [0.25, 0.3) is 5.65 Å². The number of ether oxygens (including phenoxy) is 2. The minimum absolute atomic E-state index is 0.120. The maximum Gasteiger partial charge on any atom is 0.231 e. The number of amides is 1. The first-order valence-corrected chi connectivity index (χ1v) is 12.1. The summed E-state index contributed by atoms with van der Waals surface area (Å²) in [4.78, 5) is 23.9. The largest absolute Gasteiger partial charge is 0.454 e. The van der Waals surface area contributed by atoms with Gasteiger partial charge in [-0.25, -0.2) is 4.98 Å². The molecule has 36 heavy (non-hydrogen) atoms. The van der Waals surface area contributed by atoms with Crippen LogP contribution in [0.15, 0.2) is 55.0 Å². The molecule has 1 aromatic carbocycles. The predicted molar refractivity (Wildman–Crippen MR) is 135 cm³/mol. The van der Waals surface area contributed by atoms with Crippen LogP contribution in [0.2, 0.25) is 0 Å². The molecule has 0 aliphatic carbocycles. The molecule has 0 spiro atoms. The number of likely N-dealkylation sites (tertiary alicyclic amines) is 1. The maximum atomic E-state index is 13.0. The molecule has 1 saturated heterocycles. The average molecular weight is 480 g/mol. The zero-order valence-electron chi connectivity index (χ0n) is 19.8. The van der Waals surface area contributed by atoms with Crippen molar-refractivity contribution in [2.75, 3.05) is 25.2 Å². The molecule has 0 bridgehead atoms. The first kappa shape index (κ1) is 22.4. The molecule has 1 fully saturated rings. The highest BCUT2D eigenvalue weighted by molar-refractivity contribution is 6.36. The van der Waals surface area contributed by atoms with Gasteiger partial charge in [0.2, 0.25) is 12.7 Å².